The van der Waals surface area contributed by atoms with E-state index in [2.05, 4.69) is 9.72 Å². The number of morpholine rings is 1. The van der Waals surface area contributed by atoms with Gasteiger partial charge in [0.25, 0.3) is 0 Å². The quantitative estimate of drug-likeness (QED) is 0.611. The number of hydrogen-bond donors (Lipinski definition) is 0. The maximum absolute atomic E-state index is 12.0. The third kappa shape index (κ3) is 3.64. The first kappa shape index (κ1) is 14.7. The van der Waals surface area contributed by atoms with E-state index in [4.69, 9.17) is 4.74 Å². The van der Waals surface area contributed by atoms with Crippen molar-refractivity contribution in [3.8, 4) is 0 Å². The Labute approximate surface area is 121 Å². The van der Waals surface area contributed by atoms with Crippen LogP contribution in [0, 0.1) is 6.92 Å². The molecule has 0 N–H and O–H groups in total. The predicted molar refractivity (Wildman–Crippen MR) is 74.2 cm³/mol. The number of aromatic nitrogens is 1. The van der Waals surface area contributed by atoms with Gasteiger partial charge in [-0.1, -0.05) is 0 Å². The molecule has 0 spiro atoms. The molecule has 0 radical (unpaired) electrons. The molecule has 2 rings (SSSR count). The summed E-state index contributed by atoms with van der Waals surface area (Å²) in [7, 11) is 1.30. The molecule has 1 aromatic rings. The summed E-state index contributed by atoms with van der Waals surface area (Å²) in [6.45, 7) is 2.92. The highest BCUT2D eigenvalue weighted by Gasteiger charge is 2.28. The summed E-state index contributed by atoms with van der Waals surface area (Å²) < 4.78 is 9.90. The molecule has 7 heteroatoms. The number of rotatable bonds is 3. The molecule has 1 aliphatic heterocycles. The van der Waals surface area contributed by atoms with Crippen LogP contribution in [0.1, 0.15) is 10.7 Å². The van der Waals surface area contributed by atoms with E-state index >= 15 is 0 Å². The second-order valence-electron chi connectivity index (χ2n) is 4.29. The highest BCUT2D eigenvalue weighted by atomic mass is 32.1. The van der Waals surface area contributed by atoms with Crippen LogP contribution >= 0.6 is 11.3 Å². The molecule has 1 fully saturated rings. The van der Waals surface area contributed by atoms with Gasteiger partial charge in [-0.05, 0) is 13.0 Å². The zero-order chi connectivity index (χ0) is 14.5. The van der Waals surface area contributed by atoms with E-state index in [0.717, 1.165) is 10.7 Å². The maximum Gasteiger partial charge on any atom is 0.336 e. The second kappa shape index (κ2) is 6.62. The largest absolute Gasteiger partial charge is 0.467 e. The Morgan fingerprint density at radius 1 is 1.60 bits per heavy atom. The lowest BCUT2D eigenvalue weighted by atomic mass is 10.2. The van der Waals surface area contributed by atoms with Crippen molar-refractivity contribution in [1.29, 1.82) is 0 Å². The molecule has 1 amide bonds. The van der Waals surface area contributed by atoms with Gasteiger partial charge in [0.05, 0.1) is 31.0 Å². The lowest BCUT2D eigenvalue weighted by Crippen LogP contribution is -2.48. The highest BCUT2D eigenvalue weighted by molar-refractivity contribution is 7.09. The number of methoxy groups -OCH3 is 1. The zero-order valence-corrected chi connectivity index (χ0v) is 12.2. The molecule has 1 atom stereocenters. The lowest BCUT2D eigenvalue weighted by molar-refractivity contribution is -0.161. The third-order valence-corrected chi connectivity index (χ3v) is 3.67. The number of carbonyl (C=O) groups is 2. The van der Waals surface area contributed by atoms with Gasteiger partial charge in [0.15, 0.2) is 6.10 Å². The van der Waals surface area contributed by atoms with Crippen LogP contribution in [0.5, 0.6) is 0 Å². The standard InChI is InChI=1S/C13H16N2O4S/c1-9-14-10(8-20-9)3-4-12(16)15-5-6-19-11(7-15)13(17)18-2/h3-4,8,11H,5-7H2,1-2H3/b4-3+. The first-order chi connectivity index (χ1) is 9.60. The average molecular weight is 296 g/mol. The number of nitrogens with zero attached hydrogens (tertiary/aromatic N) is 2. The Kier molecular flexibility index (Phi) is 4.86. The van der Waals surface area contributed by atoms with Crippen LogP contribution in [0.4, 0.5) is 0 Å². The van der Waals surface area contributed by atoms with Crippen LogP contribution in [0.25, 0.3) is 6.08 Å². The minimum atomic E-state index is -0.701. The van der Waals surface area contributed by atoms with Crippen molar-refractivity contribution in [3.63, 3.8) is 0 Å². The maximum atomic E-state index is 12.0. The van der Waals surface area contributed by atoms with E-state index in [9.17, 15) is 9.59 Å². The summed E-state index contributed by atoms with van der Waals surface area (Å²) in [5.74, 6) is -0.616. The van der Waals surface area contributed by atoms with Crippen molar-refractivity contribution < 1.29 is 19.1 Å². The molecule has 6 nitrogen and oxygen atoms in total. The minimum absolute atomic E-state index is 0.159. The Hall–Kier alpha value is -1.73. The SMILES string of the molecule is COC(=O)C1CN(C(=O)/C=C/c2csc(C)n2)CCO1. The molecule has 0 aliphatic carbocycles. The summed E-state index contributed by atoms with van der Waals surface area (Å²) in [6.07, 6.45) is 2.44. The van der Waals surface area contributed by atoms with Crippen molar-refractivity contribution >= 4 is 29.3 Å². The number of esters is 1. The van der Waals surface area contributed by atoms with Crippen molar-refractivity contribution in [2.45, 2.75) is 13.0 Å². The molecule has 108 valence electrons. The van der Waals surface area contributed by atoms with Gasteiger partial charge in [0, 0.05) is 18.0 Å². The Balaban J connectivity index is 1.95. The van der Waals surface area contributed by atoms with Gasteiger partial charge < -0.3 is 14.4 Å². The summed E-state index contributed by atoms with van der Waals surface area (Å²) in [4.78, 5) is 29.3. The number of hydrogen-bond acceptors (Lipinski definition) is 6. The van der Waals surface area contributed by atoms with E-state index < -0.39 is 12.1 Å². The zero-order valence-electron chi connectivity index (χ0n) is 11.4. The van der Waals surface area contributed by atoms with E-state index in [1.807, 2.05) is 12.3 Å². The van der Waals surface area contributed by atoms with Gasteiger partial charge >= 0.3 is 5.97 Å². The molecular formula is C13H16N2O4S. The normalized spacial score (nSPS) is 19.3. The van der Waals surface area contributed by atoms with Crippen molar-refractivity contribution in [2.75, 3.05) is 26.8 Å². The summed E-state index contributed by atoms with van der Waals surface area (Å²) >= 11 is 1.53. The van der Waals surface area contributed by atoms with Crippen LogP contribution in [0.15, 0.2) is 11.5 Å². The number of carbonyl (C=O) groups excluding carboxylic acids is 2. The molecule has 2 heterocycles. The molecule has 1 unspecified atom stereocenters. The number of ether oxygens (including phenoxy) is 2. The fraction of sp³-hybridized carbons (Fsp3) is 0.462. The minimum Gasteiger partial charge on any atom is -0.467 e. The number of aryl methyl sites for hydroxylation is 1. The molecule has 20 heavy (non-hydrogen) atoms. The van der Waals surface area contributed by atoms with E-state index in [1.165, 1.54) is 24.5 Å². The predicted octanol–water partition coefficient (Wildman–Crippen LogP) is 0.865. The van der Waals surface area contributed by atoms with Crippen LogP contribution < -0.4 is 0 Å². The summed E-state index contributed by atoms with van der Waals surface area (Å²) in [5, 5.41) is 2.84. The topological polar surface area (TPSA) is 68.7 Å². The van der Waals surface area contributed by atoms with Crippen LogP contribution in [0.3, 0.4) is 0 Å². The number of amides is 1. The second-order valence-corrected chi connectivity index (χ2v) is 5.35. The van der Waals surface area contributed by atoms with E-state index in [1.54, 1.807) is 11.0 Å². The molecule has 0 bridgehead atoms. The first-order valence-corrected chi connectivity index (χ1v) is 7.06. The van der Waals surface area contributed by atoms with Gasteiger partial charge in [-0.15, -0.1) is 11.3 Å². The fourth-order valence-electron chi connectivity index (χ4n) is 1.84. The molecule has 1 aliphatic rings. The Morgan fingerprint density at radius 2 is 2.40 bits per heavy atom. The van der Waals surface area contributed by atoms with Gasteiger partial charge in [-0.25, -0.2) is 9.78 Å². The smallest absolute Gasteiger partial charge is 0.336 e. The van der Waals surface area contributed by atoms with Crippen LogP contribution in [-0.4, -0.2) is 54.7 Å². The summed E-state index contributed by atoms with van der Waals surface area (Å²) in [6, 6.07) is 0. The third-order valence-electron chi connectivity index (χ3n) is 2.88. The highest BCUT2D eigenvalue weighted by Crippen LogP contribution is 2.11. The molecule has 1 saturated heterocycles. The average Bonchev–Trinajstić information content (AvgIpc) is 2.89. The van der Waals surface area contributed by atoms with Gasteiger partial charge in [-0.3, -0.25) is 4.79 Å². The van der Waals surface area contributed by atoms with Crippen molar-refractivity contribution in [1.82, 2.24) is 9.88 Å². The van der Waals surface area contributed by atoms with E-state index in [0.29, 0.717) is 13.2 Å². The number of thiazole rings is 1. The monoisotopic (exact) mass is 296 g/mol. The summed E-state index contributed by atoms with van der Waals surface area (Å²) in [5.41, 5.74) is 0.763. The molecule has 1 aromatic heterocycles. The fourth-order valence-corrected chi connectivity index (χ4v) is 2.42. The molecule has 0 saturated carbocycles. The van der Waals surface area contributed by atoms with Crippen molar-refractivity contribution in [3.05, 3.63) is 22.2 Å². The Morgan fingerprint density at radius 3 is 3.05 bits per heavy atom. The van der Waals surface area contributed by atoms with Gasteiger partial charge in [0.1, 0.15) is 0 Å². The van der Waals surface area contributed by atoms with E-state index in [-0.39, 0.29) is 12.5 Å². The van der Waals surface area contributed by atoms with Gasteiger partial charge in [0.2, 0.25) is 5.91 Å². The van der Waals surface area contributed by atoms with Gasteiger partial charge in [-0.2, -0.15) is 0 Å². The van der Waals surface area contributed by atoms with Crippen molar-refractivity contribution in [2.24, 2.45) is 0 Å². The Bertz CT molecular complexity index is 526. The first-order valence-electron chi connectivity index (χ1n) is 6.18. The molecular weight excluding hydrogens is 280 g/mol. The molecule has 0 aromatic carbocycles. The van der Waals surface area contributed by atoms with Crippen LogP contribution in [-0.2, 0) is 19.1 Å². The lowest BCUT2D eigenvalue weighted by Gasteiger charge is -2.30. The van der Waals surface area contributed by atoms with Crippen LogP contribution in [0.2, 0.25) is 0 Å².